The first-order chi connectivity index (χ1) is 9.26. The van der Waals surface area contributed by atoms with E-state index < -0.39 is 0 Å². The highest BCUT2D eigenvalue weighted by molar-refractivity contribution is 7.99. The van der Waals surface area contributed by atoms with Crippen LogP contribution in [0.4, 0.5) is 4.39 Å². The summed E-state index contributed by atoms with van der Waals surface area (Å²) in [6, 6.07) is 12.9. The van der Waals surface area contributed by atoms with Gasteiger partial charge in [0, 0.05) is 9.79 Å². The lowest BCUT2D eigenvalue weighted by atomic mass is 10.1. The molecule has 0 bridgehead atoms. The zero-order valence-corrected chi connectivity index (χ0v) is 11.1. The second-order valence-electron chi connectivity index (χ2n) is 4.64. The van der Waals surface area contributed by atoms with E-state index in [1.165, 1.54) is 35.4 Å². The minimum atomic E-state index is -0.329. The second kappa shape index (κ2) is 5.07. The van der Waals surface area contributed by atoms with Crippen LogP contribution < -0.4 is 0 Å². The van der Waals surface area contributed by atoms with Crippen molar-refractivity contribution < 1.29 is 4.39 Å². The van der Waals surface area contributed by atoms with Gasteiger partial charge in [0.2, 0.25) is 0 Å². The van der Waals surface area contributed by atoms with Crippen molar-refractivity contribution in [2.45, 2.75) is 29.1 Å². The Labute approximate surface area is 116 Å². The van der Waals surface area contributed by atoms with Gasteiger partial charge in [-0.3, -0.25) is 0 Å². The largest absolute Gasteiger partial charge is 0.206 e. The van der Waals surface area contributed by atoms with Gasteiger partial charge in [0.15, 0.2) is 0 Å². The molecule has 0 saturated heterocycles. The van der Waals surface area contributed by atoms with E-state index >= 15 is 0 Å². The third-order valence-electron chi connectivity index (χ3n) is 3.36. The highest BCUT2D eigenvalue weighted by atomic mass is 32.2. The van der Waals surface area contributed by atoms with Gasteiger partial charge in [-0.15, -0.1) is 0 Å². The van der Waals surface area contributed by atoms with Crippen molar-refractivity contribution in [3.8, 4) is 6.07 Å². The Morgan fingerprint density at radius 2 is 1.89 bits per heavy atom. The van der Waals surface area contributed by atoms with Gasteiger partial charge >= 0.3 is 0 Å². The van der Waals surface area contributed by atoms with E-state index in [-0.39, 0.29) is 5.82 Å². The molecule has 0 atom stereocenters. The second-order valence-corrected chi connectivity index (χ2v) is 5.76. The molecule has 94 valence electrons. The number of hydrogen-bond acceptors (Lipinski definition) is 2. The Kier molecular flexibility index (Phi) is 3.27. The maximum Gasteiger partial charge on any atom is 0.138 e. The molecule has 0 N–H and O–H groups in total. The van der Waals surface area contributed by atoms with Gasteiger partial charge in [-0.25, -0.2) is 4.39 Å². The molecule has 2 aromatic rings. The van der Waals surface area contributed by atoms with Crippen LogP contribution >= 0.6 is 11.8 Å². The van der Waals surface area contributed by atoms with Gasteiger partial charge in [-0.05, 0) is 60.7 Å². The molecule has 0 aromatic heterocycles. The van der Waals surface area contributed by atoms with Crippen LogP contribution in [-0.4, -0.2) is 0 Å². The van der Waals surface area contributed by atoms with E-state index in [4.69, 9.17) is 5.26 Å². The van der Waals surface area contributed by atoms with Gasteiger partial charge in [0.25, 0.3) is 0 Å². The summed E-state index contributed by atoms with van der Waals surface area (Å²) >= 11 is 1.42. The third kappa shape index (κ3) is 2.50. The summed E-state index contributed by atoms with van der Waals surface area (Å²) in [5, 5.41) is 8.72. The van der Waals surface area contributed by atoms with Crippen molar-refractivity contribution in [2.24, 2.45) is 0 Å². The maximum atomic E-state index is 13.8. The van der Waals surface area contributed by atoms with Gasteiger partial charge in [-0.2, -0.15) is 5.26 Å². The topological polar surface area (TPSA) is 23.8 Å². The van der Waals surface area contributed by atoms with Crippen molar-refractivity contribution in [3.63, 3.8) is 0 Å². The fourth-order valence-electron chi connectivity index (χ4n) is 2.39. The summed E-state index contributed by atoms with van der Waals surface area (Å²) in [6.45, 7) is 0. The van der Waals surface area contributed by atoms with E-state index in [1.54, 1.807) is 12.1 Å². The van der Waals surface area contributed by atoms with Crippen molar-refractivity contribution in [3.05, 3.63) is 58.9 Å². The summed E-state index contributed by atoms with van der Waals surface area (Å²) < 4.78 is 13.8. The summed E-state index contributed by atoms with van der Waals surface area (Å²) in [5.74, 6) is -0.329. The number of halogens is 1. The number of nitrogens with zero attached hydrogens (tertiary/aromatic N) is 1. The van der Waals surface area contributed by atoms with E-state index in [0.717, 1.165) is 17.7 Å². The minimum absolute atomic E-state index is 0.329. The lowest BCUT2D eigenvalue weighted by molar-refractivity contribution is 0.601. The smallest absolute Gasteiger partial charge is 0.138 e. The SMILES string of the molecule is N#Cc1ccc(Sc2ccc3c(c2)CCC3)c(F)c1. The molecule has 1 nitrogen and oxygen atoms in total. The van der Waals surface area contributed by atoms with E-state index in [9.17, 15) is 4.39 Å². The van der Waals surface area contributed by atoms with Crippen LogP contribution in [-0.2, 0) is 12.8 Å². The number of aryl methyl sites for hydroxylation is 2. The number of rotatable bonds is 2. The maximum absolute atomic E-state index is 13.8. The molecular weight excluding hydrogens is 257 g/mol. The Balaban J connectivity index is 1.87. The van der Waals surface area contributed by atoms with Crippen molar-refractivity contribution >= 4 is 11.8 Å². The predicted molar refractivity (Wildman–Crippen MR) is 73.7 cm³/mol. The first-order valence-corrected chi connectivity index (χ1v) is 7.07. The van der Waals surface area contributed by atoms with Gasteiger partial charge in [0.05, 0.1) is 11.6 Å². The first kappa shape index (κ1) is 12.3. The molecule has 3 heteroatoms. The Bertz CT molecular complexity index is 673. The molecule has 3 rings (SSSR count). The molecule has 0 aliphatic heterocycles. The van der Waals surface area contributed by atoms with Gasteiger partial charge in [0.1, 0.15) is 5.82 Å². The van der Waals surface area contributed by atoms with Gasteiger partial charge < -0.3 is 0 Å². The number of hydrogen-bond donors (Lipinski definition) is 0. The molecule has 0 spiro atoms. The lowest BCUT2D eigenvalue weighted by Crippen LogP contribution is -1.86. The molecule has 0 saturated carbocycles. The molecule has 1 aliphatic carbocycles. The zero-order valence-electron chi connectivity index (χ0n) is 10.3. The van der Waals surface area contributed by atoms with Crippen LogP contribution in [0.5, 0.6) is 0 Å². The molecule has 19 heavy (non-hydrogen) atoms. The zero-order chi connectivity index (χ0) is 13.2. The summed E-state index contributed by atoms with van der Waals surface area (Å²) in [6.07, 6.45) is 3.50. The van der Waals surface area contributed by atoms with Crippen molar-refractivity contribution in [2.75, 3.05) is 0 Å². The van der Waals surface area contributed by atoms with E-state index in [2.05, 4.69) is 12.1 Å². The highest BCUT2D eigenvalue weighted by Gasteiger charge is 2.12. The molecule has 0 unspecified atom stereocenters. The van der Waals surface area contributed by atoms with Crippen LogP contribution in [0.3, 0.4) is 0 Å². The van der Waals surface area contributed by atoms with Crippen LogP contribution in [0.2, 0.25) is 0 Å². The average Bonchev–Trinajstić information content (AvgIpc) is 2.88. The van der Waals surface area contributed by atoms with Crippen LogP contribution in [0.25, 0.3) is 0 Å². The molecule has 1 aliphatic rings. The quantitative estimate of drug-likeness (QED) is 0.810. The normalized spacial score (nSPS) is 13.1. The van der Waals surface area contributed by atoms with Crippen molar-refractivity contribution in [1.82, 2.24) is 0 Å². The Hall–Kier alpha value is -1.79. The van der Waals surface area contributed by atoms with E-state index in [0.29, 0.717) is 10.5 Å². The number of fused-ring (bicyclic) bond motifs is 1. The molecule has 0 fully saturated rings. The summed E-state index contributed by atoms with van der Waals surface area (Å²) in [5.41, 5.74) is 3.17. The fourth-order valence-corrected chi connectivity index (χ4v) is 3.28. The lowest BCUT2D eigenvalue weighted by Gasteiger charge is -2.06. The fraction of sp³-hybridized carbons (Fsp3) is 0.188. The standard InChI is InChI=1S/C16H12FNS/c17-15-8-11(10-18)4-7-16(15)19-14-6-5-12-2-1-3-13(12)9-14/h4-9H,1-3H2. The number of benzene rings is 2. The minimum Gasteiger partial charge on any atom is -0.206 e. The van der Waals surface area contributed by atoms with Crippen LogP contribution in [0.1, 0.15) is 23.1 Å². The Morgan fingerprint density at radius 3 is 2.68 bits per heavy atom. The molecule has 2 aromatic carbocycles. The molecule has 0 amide bonds. The predicted octanol–water partition coefficient (Wildman–Crippen LogP) is 4.34. The Morgan fingerprint density at radius 1 is 1.05 bits per heavy atom. The monoisotopic (exact) mass is 269 g/mol. The molecule has 0 heterocycles. The molecular formula is C16H12FNS. The van der Waals surface area contributed by atoms with Crippen molar-refractivity contribution in [1.29, 1.82) is 5.26 Å². The van der Waals surface area contributed by atoms with Crippen LogP contribution in [0.15, 0.2) is 46.2 Å². The highest BCUT2D eigenvalue weighted by Crippen LogP contribution is 2.33. The summed E-state index contributed by atoms with van der Waals surface area (Å²) in [4.78, 5) is 1.63. The van der Waals surface area contributed by atoms with Gasteiger partial charge in [-0.1, -0.05) is 17.8 Å². The van der Waals surface area contributed by atoms with Crippen LogP contribution in [0, 0.1) is 17.1 Å². The third-order valence-corrected chi connectivity index (χ3v) is 4.40. The molecule has 0 radical (unpaired) electrons. The number of nitriles is 1. The summed E-state index contributed by atoms with van der Waals surface area (Å²) in [7, 11) is 0. The average molecular weight is 269 g/mol. The van der Waals surface area contributed by atoms with E-state index in [1.807, 2.05) is 12.1 Å². The first-order valence-electron chi connectivity index (χ1n) is 6.25.